The molecule has 6 heteroatoms. The van der Waals surface area contributed by atoms with Crippen molar-refractivity contribution in [1.82, 2.24) is 0 Å². The third kappa shape index (κ3) is 2.40. The third-order valence-corrected chi connectivity index (χ3v) is 3.73. The van der Waals surface area contributed by atoms with Crippen LogP contribution in [-0.2, 0) is 6.42 Å². The number of nitro groups is 1. The van der Waals surface area contributed by atoms with E-state index < -0.39 is 10.7 Å². The van der Waals surface area contributed by atoms with Gasteiger partial charge in [0.15, 0.2) is 0 Å². The van der Waals surface area contributed by atoms with Crippen molar-refractivity contribution in [2.75, 3.05) is 5.32 Å². The van der Waals surface area contributed by atoms with Gasteiger partial charge in [-0.25, -0.2) is 4.39 Å². The van der Waals surface area contributed by atoms with Gasteiger partial charge in [-0.15, -0.1) is 0 Å². The summed E-state index contributed by atoms with van der Waals surface area (Å²) in [5, 5.41) is 23.8. The standard InChI is InChI=1S/C15H13FN2O3/c16-9-4-7-14(18(20)21)13(8-9)17-12-6-5-11-10(12)2-1-3-15(11)19/h1-4,7-8,12,17,19H,5-6H2. The van der Waals surface area contributed by atoms with Gasteiger partial charge in [-0.2, -0.15) is 0 Å². The van der Waals surface area contributed by atoms with Gasteiger partial charge in [0.05, 0.1) is 11.0 Å². The van der Waals surface area contributed by atoms with E-state index in [0.717, 1.165) is 29.3 Å². The van der Waals surface area contributed by atoms with E-state index in [4.69, 9.17) is 0 Å². The SMILES string of the molecule is O=[N+]([O-])c1ccc(F)cc1NC1CCc2c(O)cccc21. The number of aromatic hydroxyl groups is 1. The Morgan fingerprint density at radius 3 is 2.90 bits per heavy atom. The molecule has 0 heterocycles. The molecular weight excluding hydrogens is 275 g/mol. The first-order valence-electron chi connectivity index (χ1n) is 6.57. The molecule has 5 nitrogen and oxygen atoms in total. The number of fused-ring (bicyclic) bond motifs is 1. The highest BCUT2D eigenvalue weighted by atomic mass is 19.1. The monoisotopic (exact) mass is 288 g/mol. The lowest BCUT2D eigenvalue weighted by Gasteiger charge is -2.15. The lowest BCUT2D eigenvalue weighted by Crippen LogP contribution is -2.09. The van der Waals surface area contributed by atoms with Gasteiger partial charge in [0, 0.05) is 12.1 Å². The molecule has 108 valence electrons. The summed E-state index contributed by atoms with van der Waals surface area (Å²) in [6.07, 6.45) is 1.38. The van der Waals surface area contributed by atoms with Crippen molar-refractivity contribution in [3.05, 3.63) is 63.5 Å². The fourth-order valence-corrected chi connectivity index (χ4v) is 2.76. The zero-order chi connectivity index (χ0) is 15.0. The highest BCUT2D eigenvalue weighted by Gasteiger charge is 2.26. The second-order valence-electron chi connectivity index (χ2n) is 5.00. The largest absolute Gasteiger partial charge is 0.508 e. The predicted molar refractivity (Wildman–Crippen MR) is 75.8 cm³/mol. The average Bonchev–Trinajstić information content (AvgIpc) is 2.83. The molecule has 0 fully saturated rings. The first kappa shape index (κ1) is 13.4. The van der Waals surface area contributed by atoms with Gasteiger partial charge in [0.1, 0.15) is 17.3 Å². The number of nitrogens with zero attached hydrogens (tertiary/aromatic N) is 1. The molecule has 0 radical (unpaired) electrons. The van der Waals surface area contributed by atoms with E-state index in [2.05, 4.69) is 5.32 Å². The Balaban J connectivity index is 1.95. The molecule has 0 saturated heterocycles. The van der Waals surface area contributed by atoms with E-state index >= 15 is 0 Å². The smallest absolute Gasteiger partial charge is 0.292 e. The number of hydrogen-bond acceptors (Lipinski definition) is 4. The number of phenolic OH excluding ortho intramolecular Hbond substituents is 1. The summed E-state index contributed by atoms with van der Waals surface area (Å²) in [6.45, 7) is 0. The van der Waals surface area contributed by atoms with Gasteiger partial charge >= 0.3 is 0 Å². The van der Waals surface area contributed by atoms with Crippen LogP contribution in [0.2, 0.25) is 0 Å². The fraction of sp³-hybridized carbons (Fsp3) is 0.200. The molecular formula is C15H13FN2O3. The molecule has 0 bridgehead atoms. The van der Waals surface area contributed by atoms with Crippen LogP contribution in [0.3, 0.4) is 0 Å². The van der Waals surface area contributed by atoms with Gasteiger partial charge in [0.2, 0.25) is 0 Å². The highest BCUT2D eigenvalue weighted by molar-refractivity contribution is 5.63. The zero-order valence-electron chi connectivity index (χ0n) is 11.0. The maximum absolute atomic E-state index is 13.3. The quantitative estimate of drug-likeness (QED) is 0.669. The van der Waals surface area contributed by atoms with Crippen molar-refractivity contribution in [3.63, 3.8) is 0 Å². The molecule has 2 aromatic carbocycles. The molecule has 1 atom stereocenters. The molecule has 1 unspecified atom stereocenters. The van der Waals surface area contributed by atoms with Gasteiger partial charge in [0.25, 0.3) is 5.69 Å². The number of hydrogen-bond donors (Lipinski definition) is 2. The van der Waals surface area contributed by atoms with Crippen molar-refractivity contribution < 1.29 is 14.4 Å². The lowest BCUT2D eigenvalue weighted by molar-refractivity contribution is -0.384. The normalized spacial score (nSPS) is 16.5. The van der Waals surface area contributed by atoms with Crippen molar-refractivity contribution in [2.45, 2.75) is 18.9 Å². The van der Waals surface area contributed by atoms with E-state index in [1.54, 1.807) is 12.1 Å². The Morgan fingerprint density at radius 2 is 2.14 bits per heavy atom. The molecule has 0 aliphatic heterocycles. The van der Waals surface area contributed by atoms with E-state index in [-0.39, 0.29) is 23.2 Å². The topological polar surface area (TPSA) is 75.4 Å². The lowest BCUT2D eigenvalue weighted by atomic mass is 10.1. The van der Waals surface area contributed by atoms with E-state index in [1.807, 2.05) is 6.07 Å². The summed E-state index contributed by atoms with van der Waals surface area (Å²) in [5.41, 5.74) is 1.73. The van der Waals surface area contributed by atoms with Crippen LogP contribution in [0.15, 0.2) is 36.4 Å². The van der Waals surface area contributed by atoms with Crippen LogP contribution in [0.1, 0.15) is 23.6 Å². The molecule has 3 rings (SSSR count). The number of benzene rings is 2. The van der Waals surface area contributed by atoms with E-state index in [9.17, 15) is 19.6 Å². The Bertz CT molecular complexity index is 718. The minimum atomic E-state index is -0.542. The van der Waals surface area contributed by atoms with Crippen LogP contribution >= 0.6 is 0 Å². The van der Waals surface area contributed by atoms with Crippen molar-refractivity contribution in [2.24, 2.45) is 0 Å². The van der Waals surface area contributed by atoms with Crippen LogP contribution in [0.25, 0.3) is 0 Å². The van der Waals surface area contributed by atoms with Crippen LogP contribution in [0.4, 0.5) is 15.8 Å². The highest BCUT2D eigenvalue weighted by Crippen LogP contribution is 2.39. The Kier molecular flexibility index (Phi) is 3.21. The predicted octanol–water partition coefficient (Wildman–Crippen LogP) is 3.54. The Hall–Kier alpha value is -2.63. The van der Waals surface area contributed by atoms with E-state index in [0.29, 0.717) is 12.8 Å². The molecule has 2 N–H and O–H groups in total. The number of nitro benzene ring substituents is 1. The molecule has 0 spiro atoms. The maximum Gasteiger partial charge on any atom is 0.292 e. The molecule has 2 aromatic rings. The van der Waals surface area contributed by atoms with Crippen molar-refractivity contribution in [1.29, 1.82) is 0 Å². The van der Waals surface area contributed by atoms with Crippen LogP contribution in [0.5, 0.6) is 5.75 Å². The summed E-state index contributed by atoms with van der Waals surface area (Å²) in [5.74, 6) is -0.303. The molecule has 21 heavy (non-hydrogen) atoms. The first-order valence-corrected chi connectivity index (χ1v) is 6.57. The first-order chi connectivity index (χ1) is 10.1. The molecule has 0 saturated carbocycles. The summed E-state index contributed by atoms with van der Waals surface area (Å²) in [4.78, 5) is 10.5. The minimum absolute atomic E-state index is 0.154. The molecule has 1 aliphatic rings. The molecule has 0 aromatic heterocycles. The Morgan fingerprint density at radius 1 is 1.33 bits per heavy atom. The van der Waals surface area contributed by atoms with Gasteiger partial charge in [-0.3, -0.25) is 10.1 Å². The second-order valence-corrected chi connectivity index (χ2v) is 5.00. The molecule has 0 amide bonds. The van der Waals surface area contributed by atoms with Crippen molar-refractivity contribution in [3.8, 4) is 5.75 Å². The summed E-state index contributed by atoms with van der Waals surface area (Å²) < 4.78 is 13.3. The average molecular weight is 288 g/mol. The van der Waals surface area contributed by atoms with Crippen LogP contribution < -0.4 is 5.32 Å². The number of halogens is 1. The second kappa shape index (κ2) is 5.05. The van der Waals surface area contributed by atoms with Gasteiger partial charge in [-0.1, -0.05) is 12.1 Å². The maximum atomic E-state index is 13.3. The van der Waals surface area contributed by atoms with Gasteiger partial charge < -0.3 is 10.4 Å². The number of rotatable bonds is 3. The van der Waals surface area contributed by atoms with E-state index in [1.165, 1.54) is 0 Å². The minimum Gasteiger partial charge on any atom is -0.508 e. The zero-order valence-corrected chi connectivity index (χ0v) is 11.0. The fourth-order valence-electron chi connectivity index (χ4n) is 2.76. The number of phenols is 1. The number of anilines is 1. The Labute approximate surface area is 120 Å². The van der Waals surface area contributed by atoms with Gasteiger partial charge in [-0.05, 0) is 36.1 Å². The molecule has 1 aliphatic carbocycles. The summed E-state index contributed by atoms with van der Waals surface area (Å²) in [7, 11) is 0. The number of nitrogens with one attached hydrogen (secondary N) is 1. The van der Waals surface area contributed by atoms with Crippen LogP contribution in [-0.4, -0.2) is 10.0 Å². The van der Waals surface area contributed by atoms with Crippen molar-refractivity contribution >= 4 is 11.4 Å². The summed E-state index contributed by atoms with van der Waals surface area (Å²) >= 11 is 0. The third-order valence-electron chi connectivity index (χ3n) is 3.73. The summed E-state index contributed by atoms with van der Waals surface area (Å²) in [6, 6.07) is 8.38. The van der Waals surface area contributed by atoms with Crippen LogP contribution in [0, 0.1) is 15.9 Å².